The molecule has 0 saturated heterocycles. The molecule has 0 radical (unpaired) electrons. The third-order valence-electron chi connectivity index (χ3n) is 4.07. The van der Waals surface area contributed by atoms with Gasteiger partial charge in [-0.2, -0.15) is 0 Å². The summed E-state index contributed by atoms with van der Waals surface area (Å²) in [5, 5.41) is 3.63. The van der Waals surface area contributed by atoms with E-state index in [2.05, 4.69) is 30.4 Å². The Morgan fingerprint density at radius 1 is 1.28 bits per heavy atom. The Kier molecular flexibility index (Phi) is 3.67. The molecular formula is C16H23NO. The number of hydrogen-bond acceptors (Lipinski definition) is 2. The molecule has 98 valence electrons. The van der Waals surface area contributed by atoms with Crippen LogP contribution in [0.3, 0.4) is 0 Å². The van der Waals surface area contributed by atoms with Crippen LogP contribution in [0.2, 0.25) is 0 Å². The highest BCUT2D eigenvalue weighted by Gasteiger charge is 2.22. The van der Waals surface area contributed by atoms with E-state index in [-0.39, 0.29) is 0 Å². The number of aryl methyl sites for hydroxylation is 2. The smallest absolute Gasteiger partial charge is 0.0591 e. The number of hydrogen-bond donors (Lipinski definition) is 1. The van der Waals surface area contributed by atoms with Crippen LogP contribution in [-0.4, -0.2) is 19.8 Å². The normalized spacial score (nSPS) is 22.2. The topological polar surface area (TPSA) is 21.3 Å². The highest BCUT2D eigenvalue weighted by Crippen LogP contribution is 2.31. The lowest BCUT2D eigenvalue weighted by Crippen LogP contribution is -2.24. The first-order valence-electron chi connectivity index (χ1n) is 7.23. The van der Waals surface area contributed by atoms with Gasteiger partial charge in [-0.1, -0.05) is 23.8 Å². The lowest BCUT2D eigenvalue weighted by Gasteiger charge is -2.14. The number of nitrogens with one attached hydrogen (secondary N) is 1. The molecule has 0 heterocycles. The van der Waals surface area contributed by atoms with Gasteiger partial charge in [-0.15, -0.1) is 0 Å². The Balaban J connectivity index is 1.45. The van der Waals surface area contributed by atoms with E-state index in [1.165, 1.54) is 42.4 Å². The fourth-order valence-corrected chi connectivity index (χ4v) is 2.77. The van der Waals surface area contributed by atoms with Crippen LogP contribution in [0, 0.1) is 12.8 Å². The van der Waals surface area contributed by atoms with E-state index < -0.39 is 0 Å². The summed E-state index contributed by atoms with van der Waals surface area (Å²) < 4.78 is 5.67. The van der Waals surface area contributed by atoms with E-state index in [0.717, 1.165) is 25.7 Å². The summed E-state index contributed by atoms with van der Waals surface area (Å²) in [4.78, 5) is 0. The molecule has 3 rings (SSSR count). The van der Waals surface area contributed by atoms with Crippen molar-refractivity contribution >= 4 is 0 Å². The minimum Gasteiger partial charge on any atom is -0.380 e. The maximum absolute atomic E-state index is 5.67. The van der Waals surface area contributed by atoms with Crippen molar-refractivity contribution in [2.24, 2.45) is 5.92 Å². The molecule has 2 heteroatoms. The zero-order valence-electron chi connectivity index (χ0n) is 11.2. The molecule has 2 aliphatic rings. The van der Waals surface area contributed by atoms with E-state index in [1.54, 1.807) is 0 Å². The van der Waals surface area contributed by atoms with Crippen molar-refractivity contribution in [3.05, 3.63) is 34.9 Å². The Morgan fingerprint density at radius 3 is 3.00 bits per heavy atom. The molecule has 1 atom stereocenters. The quantitative estimate of drug-likeness (QED) is 0.778. The summed E-state index contributed by atoms with van der Waals surface area (Å²) >= 11 is 0. The van der Waals surface area contributed by atoms with Crippen LogP contribution in [0.1, 0.15) is 42.0 Å². The van der Waals surface area contributed by atoms with E-state index in [1.807, 2.05) is 0 Å². The average Bonchev–Trinajstić information content (AvgIpc) is 3.11. The number of rotatable bonds is 6. The van der Waals surface area contributed by atoms with Crippen LogP contribution in [-0.2, 0) is 11.2 Å². The second-order valence-corrected chi connectivity index (χ2v) is 5.77. The molecule has 1 aromatic carbocycles. The maximum atomic E-state index is 5.67. The first-order valence-corrected chi connectivity index (χ1v) is 7.23. The third kappa shape index (κ3) is 2.93. The Hall–Kier alpha value is -0.860. The molecule has 1 aromatic rings. The van der Waals surface area contributed by atoms with Gasteiger partial charge in [-0.3, -0.25) is 0 Å². The predicted octanol–water partition coefficient (Wildman–Crippen LogP) is 3.00. The van der Waals surface area contributed by atoms with Gasteiger partial charge in [0.1, 0.15) is 0 Å². The SMILES string of the molecule is Cc1ccc2c(c1)C(NCCOCC1CC1)CC2. The van der Waals surface area contributed by atoms with Crippen molar-refractivity contribution in [3.8, 4) is 0 Å². The van der Waals surface area contributed by atoms with Crippen molar-refractivity contribution in [2.75, 3.05) is 19.8 Å². The van der Waals surface area contributed by atoms with Gasteiger partial charge < -0.3 is 10.1 Å². The Morgan fingerprint density at radius 2 is 2.17 bits per heavy atom. The maximum Gasteiger partial charge on any atom is 0.0591 e. The fourth-order valence-electron chi connectivity index (χ4n) is 2.77. The number of benzene rings is 1. The van der Waals surface area contributed by atoms with Crippen molar-refractivity contribution in [1.29, 1.82) is 0 Å². The lowest BCUT2D eigenvalue weighted by molar-refractivity contribution is 0.124. The molecule has 0 bridgehead atoms. The summed E-state index contributed by atoms with van der Waals surface area (Å²) in [6, 6.07) is 7.39. The summed E-state index contributed by atoms with van der Waals surface area (Å²) in [6.07, 6.45) is 5.21. The molecule has 0 aliphatic heterocycles. The minimum absolute atomic E-state index is 0.546. The zero-order valence-corrected chi connectivity index (χ0v) is 11.2. The van der Waals surface area contributed by atoms with Crippen LogP contribution in [0.15, 0.2) is 18.2 Å². The summed E-state index contributed by atoms with van der Waals surface area (Å²) in [7, 11) is 0. The van der Waals surface area contributed by atoms with Crippen LogP contribution >= 0.6 is 0 Å². The predicted molar refractivity (Wildman–Crippen MR) is 73.8 cm³/mol. The van der Waals surface area contributed by atoms with Crippen LogP contribution in [0.25, 0.3) is 0 Å². The summed E-state index contributed by atoms with van der Waals surface area (Å²) in [5.74, 6) is 0.875. The largest absolute Gasteiger partial charge is 0.380 e. The van der Waals surface area contributed by atoms with Gasteiger partial charge in [-0.25, -0.2) is 0 Å². The molecule has 1 unspecified atom stereocenters. The standard InChI is InChI=1S/C16H23NO/c1-12-2-5-14-6-7-16(15(14)10-12)17-8-9-18-11-13-3-4-13/h2,5,10,13,16-17H,3-4,6-9,11H2,1H3. The van der Waals surface area contributed by atoms with Gasteiger partial charge in [0.2, 0.25) is 0 Å². The van der Waals surface area contributed by atoms with Gasteiger partial charge in [0.15, 0.2) is 0 Å². The van der Waals surface area contributed by atoms with Gasteiger partial charge in [0.25, 0.3) is 0 Å². The zero-order chi connectivity index (χ0) is 12.4. The molecule has 1 saturated carbocycles. The molecule has 0 aromatic heterocycles. The van der Waals surface area contributed by atoms with Gasteiger partial charge in [0, 0.05) is 19.2 Å². The Labute approximate surface area is 110 Å². The van der Waals surface area contributed by atoms with E-state index in [4.69, 9.17) is 4.74 Å². The van der Waals surface area contributed by atoms with E-state index in [9.17, 15) is 0 Å². The molecule has 0 spiro atoms. The molecule has 18 heavy (non-hydrogen) atoms. The molecule has 2 nitrogen and oxygen atoms in total. The highest BCUT2D eigenvalue weighted by atomic mass is 16.5. The monoisotopic (exact) mass is 245 g/mol. The minimum atomic E-state index is 0.546. The first-order chi connectivity index (χ1) is 8.83. The van der Waals surface area contributed by atoms with Crippen molar-refractivity contribution in [3.63, 3.8) is 0 Å². The average molecular weight is 245 g/mol. The molecule has 1 N–H and O–H groups in total. The molecular weight excluding hydrogens is 222 g/mol. The lowest BCUT2D eigenvalue weighted by atomic mass is 10.1. The van der Waals surface area contributed by atoms with Crippen molar-refractivity contribution < 1.29 is 4.74 Å². The molecule has 1 fully saturated rings. The second-order valence-electron chi connectivity index (χ2n) is 5.77. The van der Waals surface area contributed by atoms with Crippen LogP contribution in [0.4, 0.5) is 0 Å². The first kappa shape index (κ1) is 12.2. The Bertz CT molecular complexity index is 412. The van der Waals surface area contributed by atoms with Crippen molar-refractivity contribution in [1.82, 2.24) is 5.32 Å². The molecule has 2 aliphatic carbocycles. The summed E-state index contributed by atoms with van der Waals surface area (Å²) in [5.41, 5.74) is 4.40. The third-order valence-corrected chi connectivity index (χ3v) is 4.07. The van der Waals surface area contributed by atoms with Crippen LogP contribution < -0.4 is 5.32 Å². The van der Waals surface area contributed by atoms with Gasteiger partial charge in [-0.05, 0) is 49.7 Å². The van der Waals surface area contributed by atoms with E-state index >= 15 is 0 Å². The van der Waals surface area contributed by atoms with Gasteiger partial charge in [0.05, 0.1) is 6.61 Å². The fraction of sp³-hybridized carbons (Fsp3) is 0.625. The highest BCUT2D eigenvalue weighted by molar-refractivity contribution is 5.37. The van der Waals surface area contributed by atoms with Crippen LogP contribution in [0.5, 0.6) is 0 Å². The number of fused-ring (bicyclic) bond motifs is 1. The number of ether oxygens (including phenoxy) is 1. The van der Waals surface area contributed by atoms with Crippen molar-refractivity contribution in [2.45, 2.75) is 38.6 Å². The molecule has 0 amide bonds. The second kappa shape index (κ2) is 5.41. The summed E-state index contributed by atoms with van der Waals surface area (Å²) in [6.45, 7) is 4.98. The van der Waals surface area contributed by atoms with Gasteiger partial charge >= 0.3 is 0 Å². The van der Waals surface area contributed by atoms with E-state index in [0.29, 0.717) is 6.04 Å².